The van der Waals surface area contributed by atoms with Gasteiger partial charge in [0.15, 0.2) is 0 Å². The number of hydrogen-bond donors (Lipinski definition) is 7. The zero-order valence-corrected chi connectivity index (χ0v) is 24.0. The smallest absolute Gasteiger partial charge is 0.0691 e. The number of nitrogens with zero attached hydrogens (tertiary/aromatic N) is 1. The SMILES string of the molecule is Nc1ccccc1Nc1ccc(Nc2ccc(N(c3ccc(Nc4ccccc4N)cc3)c3ccccc3N)cc2N)cc1. The highest BCUT2D eigenvalue weighted by Crippen LogP contribution is 2.40. The van der Waals surface area contributed by atoms with E-state index in [0.717, 1.165) is 51.2 Å². The minimum atomic E-state index is 0.596. The summed E-state index contributed by atoms with van der Waals surface area (Å²) in [5.74, 6) is 0. The first-order chi connectivity index (χ1) is 21.4. The van der Waals surface area contributed by atoms with Crippen molar-refractivity contribution in [1.82, 2.24) is 0 Å². The largest absolute Gasteiger partial charge is 0.397 e. The standard InChI is InChI=1S/C36H34N8/c37-29-7-1-4-10-33(29)41-24-13-15-25(16-14-24)43-35-22-21-28(23-32(35)40)44(36-12-6-3-9-31(36)39)27-19-17-26(18-20-27)42-34-11-5-2-8-30(34)38/h1-23,41-43H,37-40H2. The number of nitrogens with one attached hydrogen (secondary N) is 3. The molecule has 8 heteroatoms. The van der Waals surface area contributed by atoms with E-state index >= 15 is 0 Å². The summed E-state index contributed by atoms with van der Waals surface area (Å²) in [4.78, 5) is 2.09. The molecule has 0 aliphatic carbocycles. The Morgan fingerprint density at radius 1 is 0.364 bits per heavy atom. The molecule has 0 saturated heterocycles. The summed E-state index contributed by atoms with van der Waals surface area (Å²) in [6, 6.07) is 45.1. The molecule has 6 aromatic carbocycles. The Kier molecular flexibility index (Phi) is 7.79. The summed E-state index contributed by atoms with van der Waals surface area (Å²) in [6.07, 6.45) is 0. The van der Waals surface area contributed by atoms with Crippen molar-refractivity contribution in [2.45, 2.75) is 0 Å². The third kappa shape index (κ3) is 6.14. The van der Waals surface area contributed by atoms with Crippen LogP contribution >= 0.6 is 0 Å². The van der Waals surface area contributed by atoms with Gasteiger partial charge in [-0.15, -0.1) is 0 Å². The Balaban J connectivity index is 1.24. The van der Waals surface area contributed by atoms with Crippen LogP contribution in [0.2, 0.25) is 0 Å². The molecule has 0 radical (unpaired) electrons. The third-order valence-corrected chi connectivity index (χ3v) is 7.24. The van der Waals surface area contributed by atoms with Crippen LogP contribution in [0.25, 0.3) is 0 Å². The highest BCUT2D eigenvalue weighted by molar-refractivity contribution is 5.87. The Morgan fingerprint density at radius 3 is 1.25 bits per heavy atom. The van der Waals surface area contributed by atoms with Crippen molar-refractivity contribution < 1.29 is 0 Å². The second-order valence-electron chi connectivity index (χ2n) is 10.3. The highest BCUT2D eigenvalue weighted by atomic mass is 15.2. The average molecular weight is 579 g/mol. The number of para-hydroxylation sites is 6. The Morgan fingerprint density at radius 2 is 0.773 bits per heavy atom. The zero-order valence-electron chi connectivity index (χ0n) is 24.0. The van der Waals surface area contributed by atoms with Gasteiger partial charge in [-0.3, -0.25) is 0 Å². The Hall–Kier alpha value is -6.28. The van der Waals surface area contributed by atoms with Crippen molar-refractivity contribution in [3.63, 3.8) is 0 Å². The van der Waals surface area contributed by atoms with Crippen molar-refractivity contribution in [2.75, 3.05) is 43.8 Å². The van der Waals surface area contributed by atoms with E-state index in [0.29, 0.717) is 22.7 Å². The van der Waals surface area contributed by atoms with Crippen LogP contribution in [0.15, 0.2) is 140 Å². The third-order valence-electron chi connectivity index (χ3n) is 7.24. The lowest BCUT2D eigenvalue weighted by molar-refractivity contribution is 1.28. The number of anilines is 13. The maximum Gasteiger partial charge on any atom is 0.0691 e. The lowest BCUT2D eigenvalue weighted by Gasteiger charge is -2.27. The van der Waals surface area contributed by atoms with Crippen LogP contribution in [0, 0.1) is 0 Å². The van der Waals surface area contributed by atoms with Gasteiger partial charge < -0.3 is 43.8 Å². The van der Waals surface area contributed by atoms with E-state index in [2.05, 4.69) is 20.9 Å². The lowest BCUT2D eigenvalue weighted by Crippen LogP contribution is -2.12. The minimum absolute atomic E-state index is 0.596. The maximum absolute atomic E-state index is 6.61. The van der Waals surface area contributed by atoms with Crippen molar-refractivity contribution in [2.24, 2.45) is 0 Å². The van der Waals surface area contributed by atoms with Crippen LogP contribution in [0.4, 0.5) is 73.9 Å². The normalized spacial score (nSPS) is 10.6. The number of rotatable bonds is 9. The van der Waals surface area contributed by atoms with Gasteiger partial charge in [-0.25, -0.2) is 0 Å². The van der Waals surface area contributed by atoms with Crippen molar-refractivity contribution in [1.29, 1.82) is 0 Å². The summed E-state index contributed by atoms with van der Waals surface area (Å²) < 4.78 is 0. The van der Waals surface area contributed by atoms with E-state index in [-0.39, 0.29) is 0 Å². The van der Waals surface area contributed by atoms with E-state index in [1.165, 1.54) is 0 Å². The Labute approximate surface area is 256 Å². The fourth-order valence-corrected chi connectivity index (χ4v) is 4.94. The molecule has 0 aliphatic heterocycles. The lowest BCUT2D eigenvalue weighted by atomic mass is 10.1. The average Bonchev–Trinajstić information content (AvgIpc) is 3.03. The van der Waals surface area contributed by atoms with Crippen molar-refractivity contribution in [3.8, 4) is 0 Å². The summed E-state index contributed by atoms with van der Waals surface area (Å²) in [7, 11) is 0. The van der Waals surface area contributed by atoms with Gasteiger partial charge in [-0.2, -0.15) is 0 Å². The summed E-state index contributed by atoms with van der Waals surface area (Å²) in [5, 5.41) is 10.2. The van der Waals surface area contributed by atoms with Crippen LogP contribution in [0.5, 0.6) is 0 Å². The van der Waals surface area contributed by atoms with Crippen LogP contribution in [0.3, 0.4) is 0 Å². The van der Waals surface area contributed by atoms with Gasteiger partial charge in [0.2, 0.25) is 0 Å². The van der Waals surface area contributed by atoms with Crippen molar-refractivity contribution in [3.05, 3.63) is 140 Å². The van der Waals surface area contributed by atoms with Gasteiger partial charge >= 0.3 is 0 Å². The van der Waals surface area contributed by atoms with Crippen LogP contribution < -0.4 is 43.8 Å². The van der Waals surface area contributed by atoms with Crippen LogP contribution in [-0.4, -0.2) is 0 Å². The van der Waals surface area contributed by atoms with E-state index in [4.69, 9.17) is 22.9 Å². The highest BCUT2D eigenvalue weighted by Gasteiger charge is 2.16. The van der Waals surface area contributed by atoms with E-state index in [1.807, 2.05) is 140 Å². The molecular formula is C36H34N8. The first-order valence-corrected chi connectivity index (χ1v) is 14.2. The molecule has 44 heavy (non-hydrogen) atoms. The number of nitrogen functional groups attached to an aromatic ring is 4. The molecule has 6 rings (SSSR count). The predicted molar refractivity (Wildman–Crippen MR) is 188 cm³/mol. The molecule has 218 valence electrons. The molecule has 11 N–H and O–H groups in total. The summed E-state index contributed by atoms with van der Waals surface area (Å²) in [5.41, 5.74) is 35.8. The number of hydrogen-bond acceptors (Lipinski definition) is 8. The molecule has 6 aromatic rings. The summed E-state index contributed by atoms with van der Waals surface area (Å²) in [6.45, 7) is 0. The van der Waals surface area contributed by atoms with Gasteiger partial charge in [0.25, 0.3) is 0 Å². The topological polar surface area (TPSA) is 143 Å². The molecule has 0 spiro atoms. The molecule has 0 amide bonds. The van der Waals surface area contributed by atoms with Crippen LogP contribution in [-0.2, 0) is 0 Å². The molecule has 0 aromatic heterocycles. The van der Waals surface area contributed by atoms with E-state index < -0.39 is 0 Å². The van der Waals surface area contributed by atoms with Gasteiger partial charge in [-0.1, -0.05) is 36.4 Å². The minimum Gasteiger partial charge on any atom is -0.397 e. The molecule has 0 aliphatic rings. The molecule has 0 heterocycles. The second kappa shape index (κ2) is 12.3. The molecule has 0 atom stereocenters. The first kappa shape index (κ1) is 27.9. The van der Waals surface area contributed by atoms with E-state index in [9.17, 15) is 0 Å². The van der Waals surface area contributed by atoms with Crippen LogP contribution in [0.1, 0.15) is 0 Å². The molecular weight excluding hydrogens is 544 g/mol. The first-order valence-electron chi connectivity index (χ1n) is 14.2. The van der Waals surface area contributed by atoms with Crippen molar-refractivity contribution >= 4 is 73.9 Å². The number of nitrogens with two attached hydrogens (primary N) is 4. The van der Waals surface area contributed by atoms with Gasteiger partial charge in [0.05, 0.1) is 45.5 Å². The van der Waals surface area contributed by atoms with Gasteiger partial charge in [0, 0.05) is 28.4 Å². The van der Waals surface area contributed by atoms with Gasteiger partial charge in [-0.05, 0) is 103 Å². The fraction of sp³-hybridized carbons (Fsp3) is 0. The quantitative estimate of drug-likeness (QED) is 0.0844. The monoisotopic (exact) mass is 578 g/mol. The molecule has 0 fully saturated rings. The fourth-order valence-electron chi connectivity index (χ4n) is 4.94. The molecule has 8 nitrogen and oxygen atoms in total. The molecule has 0 saturated carbocycles. The van der Waals surface area contributed by atoms with Gasteiger partial charge in [0.1, 0.15) is 0 Å². The Bertz CT molecular complexity index is 1880. The number of benzene rings is 6. The second-order valence-corrected chi connectivity index (χ2v) is 10.3. The predicted octanol–water partition coefficient (Wildman–Crippen LogP) is 8.72. The summed E-state index contributed by atoms with van der Waals surface area (Å²) >= 11 is 0. The van der Waals surface area contributed by atoms with E-state index in [1.54, 1.807) is 0 Å². The maximum atomic E-state index is 6.61. The zero-order chi connectivity index (χ0) is 30.5. The molecule has 0 unspecified atom stereocenters. The molecule has 0 bridgehead atoms.